The van der Waals surface area contributed by atoms with Gasteiger partial charge in [0.25, 0.3) is 5.89 Å². The molecule has 3 aromatic rings. The number of carbonyl (C=O) groups excluding carboxylic acids is 1. The van der Waals surface area contributed by atoms with Crippen molar-refractivity contribution >= 4 is 17.4 Å². The van der Waals surface area contributed by atoms with E-state index in [4.69, 9.17) is 15.1 Å². The van der Waals surface area contributed by atoms with E-state index in [1.54, 1.807) is 13.1 Å². The number of hydrogen-bond acceptors (Lipinski definition) is 10. The van der Waals surface area contributed by atoms with Gasteiger partial charge in [-0.3, -0.25) is 9.69 Å². The molecule has 1 saturated heterocycles. The van der Waals surface area contributed by atoms with Crippen LogP contribution in [0.5, 0.6) is 0 Å². The minimum Gasteiger partial charge on any atom is -0.414 e. The summed E-state index contributed by atoms with van der Waals surface area (Å²) in [5.74, 6) is 2.14. The summed E-state index contributed by atoms with van der Waals surface area (Å²) < 4.78 is 5.91. The van der Waals surface area contributed by atoms with Gasteiger partial charge in [-0.2, -0.15) is 0 Å². The van der Waals surface area contributed by atoms with Gasteiger partial charge in [-0.1, -0.05) is 26.0 Å². The number of benzene rings is 1. The van der Waals surface area contributed by atoms with Crippen molar-refractivity contribution in [1.29, 1.82) is 0 Å². The number of piperazine rings is 1. The number of nitrogens with one attached hydrogen (secondary N) is 1. The summed E-state index contributed by atoms with van der Waals surface area (Å²) in [6.07, 6.45) is 1.68. The molecule has 3 heterocycles. The number of anilines is 2. The van der Waals surface area contributed by atoms with Crippen molar-refractivity contribution in [2.75, 3.05) is 43.9 Å². The van der Waals surface area contributed by atoms with Crippen LogP contribution in [-0.4, -0.2) is 70.1 Å². The maximum atomic E-state index is 11.7. The lowest BCUT2D eigenvalue weighted by Crippen LogP contribution is -2.56. The molecule has 1 aliphatic rings. The van der Waals surface area contributed by atoms with Gasteiger partial charge in [0.05, 0.1) is 12.7 Å². The summed E-state index contributed by atoms with van der Waals surface area (Å²) in [6, 6.07) is 8.16. The number of rotatable bonds is 8. The highest BCUT2D eigenvalue weighted by atomic mass is 16.4. The molecule has 1 aromatic carbocycles. The quantitative estimate of drug-likeness (QED) is 0.512. The first-order valence-electron chi connectivity index (χ1n) is 11.5. The number of nitrogens with two attached hydrogens (primary N) is 1. The van der Waals surface area contributed by atoms with Crippen molar-refractivity contribution in [2.24, 2.45) is 5.92 Å². The maximum absolute atomic E-state index is 11.7. The number of nitrogen functional groups attached to an aromatic ring is 1. The number of hydrogen-bond donors (Lipinski definition) is 2. The SMILES string of the molecule is CNCc1ccc(-c2nnc(-c3nc(N4CCN(CC(C)=O)C(C(C)C)C4)cnc3N)o2)cc1. The molecular formula is C24H32N8O2. The van der Waals surface area contributed by atoms with E-state index in [1.165, 1.54) is 0 Å². The molecule has 0 radical (unpaired) electrons. The summed E-state index contributed by atoms with van der Waals surface area (Å²) in [4.78, 5) is 25.2. The van der Waals surface area contributed by atoms with Crippen LogP contribution in [0.4, 0.5) is 11.6 Å². The molecule has 0 saturated carbocycles. The summed E-state index contributed by atoms with van der Waals surface area (Å²) in [7, 11) is 1.91. The van der Waals surface area contributed by atoms with E-state index in [1.807, 2.05) is 31.3 Å². The number of carbonyl (C=O) groups is 1. The van der Waals surface area contributed by atoms with Crippen molar-refractivity contribution in [1.82, 2.24) is 30.4 Å². The first-order chi connectivity index (χ1) is 16.4. The Morgan fingerprint density at radius 2 is 1.94 bits per heavy atom. The zero-order valence-electron chi connectivity index (χ0n) is 20.2. The van der Waals surface area contributed by atoms with Gasteiger partial charge in [-0.15, -0.1) is 10.2 Å². The van der Waals surface area contributed by atoms with Gasteiger partial charge < -0.3 is 20.4 Å². The lowest BCUT2D eigenvalue weighted by molar-refractivity contribution is -0.119. The van der Waals surface area contributed by atoms with Gasteiger partial charge in [-0.25, -0.2) is 9.97 Å². The molecule has 4 rings (SSSR count). The van der Waals surface area contributed by atoms with Gasteiger partial charge in [0.2, 0.25) is 5.89 Å². The molecule has 10 heteroatoms. The van der Waals surface area contributed by atoms with Crippen LogP contribution in [-0.2, 0) is 11.3 Å². The third kappa shape index (κ3) is 5.23. The zero-order valence-corrected chi connectivity index (χ0v) is 20.2. The molecule has 0 bridgehead atoms. The lowest BCUT2D eigenvalue weighted by atomic mass is 9.99. The minimum atomic E-state index is 0.178. The third-order valence-corrected chi connectivity index (χ3v) is 6.05. The largest absolute Gasteiger partial charge is 0.414 e. The molecule has 2 aromatic heterocycles. The molecule has 0 spiro atoms. The first-order valence-corrected chi connectivity index (χ1v) is 11.5. The Balaban J connectivity index is 1.55. The lowest BCUT2D eigenvalue weighted by Gasteiger charge is -2.43. The van der Waals surface area contributed by atoms with Crippen LogP contribution in [0.1, 0.15) is 26.3 Å². The fourth-order valence-electron chi connectivity index (χ4n) is 4.27. The molecule has 0 aliphatic carbocycles. The molecule has 10 nitrogen and oxygen atoms in total. The third-order valence-electron chi connectivity index (χ3n) is 6.05. The van der Waals surface area contributed by atoms with E-state index < -0.39 is 0 Å². The van der Waals surface area contributed by atoms with E-state index >= 15 is 0 Å². The molecule has 1 fully saturated rings. The molecule has 34 heavy (non-hydrogen) atoms. The van der Waals surface area contributed by atoms with E-state index in [0.29, 0.717) is 29.9 Å². The molecule has 1 aliphatic heterocycles. The summed E-state index contributed by atoms with van der Waals surface area (Å²) in [6.45, 7) is 9.50. The molecule has 1 unspecified atom stereocenters. The van der Waals surface area contributed by atoms with E-state index in [-0.39, 0.29) is 23.5 Å². The van der Waals surface area contributed by atoms with Crippen LogP contribution in [0.15, 0.2) is 34.9 Å². The molecule has 1 atom stereocenters. The highest BCUT2D eigenvalue weighted by molar-refractivity contribution is 5.77. The number of aromatic nitrogens is 4. The second-order valence-electron chi connectivity index (χ2n) is 9.03. The van der Waals surface area contributed by atoms with Crippen LogP contribution >= 0.6 is 0 Å². The number of ketones is 1. The van der Waals surface area contributed by atoms with E-state index in [0.717, 1.165) is 37.3 Å². The summed E-state index contributed by atoms with van der Waals surface area (Å²) in [5.41, 5.74) is 8.49. The van der Waals surface area contributed by atoms with Gasteiger partial charge in [-0.05, 0) is 37.6 Å². The number of nitrogens with zero attached hydrogens (tertiary/aromatic N) is 6. The molecular weight excluding hydrogens is 432 g/mol. The van der Waals surface area contributed by atoms with E-state index in [9.17, 15) is 4.79 Å². The van der Waals surface area contributed by atoms with Crippen molar-refractivity contribution < 1.29 is 9.21 Å². The Labute approximate surface area is 199 Å². The van der Waals surface area contributed by atoms with Crippen LogP contribution in [0.3, 0.4) is 0 Å². The van der Waals surface area contributed by atoms with Crippen molar-refractivity contribution in [3.05, 3.63) is 36.0 Å². The second-order valence-corrected chi connectivity index (χ2v) is 9.03. The monoisotopic (exact) mass is 464 g/mol. The highest BCUT2D eigenvalue weighted by Gasteiger charge is 2.31. The van der Waals surface area contributed by atoms with Crippen LogP contribution in [0.2, 0.25) is 0 Å². The van der Waals surface area contributed by atoms with Crippen LogP contribution < -0.4 is 16.0 Å². The topological polar surface area (TPSA) is 126 Å². The molecule has 180 valence electrons. The summed E-state index contributed by atoms with van der Waals surface area (Å²) >= 11 is 0. The van der Waals surface area contributed by atoms with Gasteiger partial charge >= 0.3 is 0 Å². The van der Waals surface area contributed by atoms with Crippen molar-refractivity contribution in [3.8, 4) is 23.0 Å². The fraction of sp³-hybridized carbons (Fsp3) is 0.458. The summed E-state index contributed by atoms with van der Waals surface area (Å²) in [5, 5.41) is 11.5. The average molecular weight is 465 g/mol. The smallest absolute Gasteiger partial charge is 0.270 e. The first kappa shape index (κ1) is 23.8. The Morgan fingerprint density at radius 3 is 2.62 bits per heavy atom. The predicted molar refractivity (Wildman–Crippen MR) is 131 cm³/mol. The average Bonchev–Trinajstić information content (AvgIpc) is 3.30. The Hall–Kier alpha value is -3.37. The van der Waals surface area contributed by atoms with E-state index in [2.05, 4.69) is 44.1 Å². The molecule has 0 amide bonds. The van der Waals surface area contributed by atoms with Crippen LogP contribution in [0.25, 0.3) is 23.0 Å². The Kier molecular flexibility index (Phi) is 7.18. The van der Waals surface area contributed by atoms with Crippen LogP contribution in [0, 0.1) is 5.92 Å². The maximum Gasteiger partial charge on any atom is 0.270 e. The predicted octanol–water partition coefficient (Wildman–Crippen LogP) is 2.23. The Bertz CT molecular complexity index is 1130. The normalized spacial score (nSPS) is 16.9. The van der Waals surface area contributed by atoms with Gasteiger partial charge in [0.1, 0.15) is 11.6 Å². The van der Waals surface area contributed by atoms with Gasteiger partial charge in [0.15, 0.2) is 11.5 Å². The second kappa shape index (κ2) is 10.3. The standard InChI is InChI=1S/C24H32N8O2/c1-15(2)19-14-32(10-9-31(19)13-16(3)33)20-12-27-22(25)21(28-20)24-30-29-23(34-24)18-7-5-17(6-8-18)11-26-4/h5-8,12,15,19,26H,9-11,13-14H2,1-4H3,(H2,25,27). The zero-order chi connectivity index (χ0) is 24.2. The molecule has 3 N–H and O–H groups in total. The Morgan fingerprint density at radius 1 is 1.21 bits per heavy atom. The minimum absolute atomic E-state index is 0.178. The van der Waals surface area contributed by atoms with Crippen molar-refractivity contribution in [2.45, 2.75) is 33.4 Å². The van der Waals surface area contributed by atoms with Crippen molar-refractivity contribution in [3.63, 3.8) is 0 Å². The van der Waals surface area contributed by atoms with Gasteiger partial charge in [0, 0.05) is 37.8 Å². The number of Topliss-reactive ketones (excluding diaryl/α,β-unsaturated/α-hetero) is 1. The fourth-order valence-corrected chi connectivity index (χ4v) is 4.27. The highest BCUT2D eigenvalue weighted by Crippen LogP contribution is 2.28.